The molecule has 0 aliphatic heterocycles. The van der Waals surface area contributed by atoms with Crippen molar-refractivity contribution in [2.45, 2.75) is 6.54 Å². The number of ether oxygens (including phenoxy) is 1. The maximum atomic E-state index is 13.4. The minimum absolute atomic E-state index is 0.219. The first-order valence-electron chi connectivity index (χ1n) is 5.31. The highest BCUT2D eigenvalue weighted by atomic mass is 19.1. The third-order valence-corrected chi connectivity index (χ3v) is 2.28. The lowest BCUT2D eigenvalue weighted by Gasteiger charge is -2.10. The molecule has 0 aliphatic carbocycles. The summed E-state index contributed by atoms with van der Waals surface area (Å²) in [4.78, 5) is 4.01. The predicted molar refractivity (Wildman–Crippen MR) is 63.5 cm³/mol. The number of para-hydroxylation sites is 1. The van der Waals surface area contributed by atoms with Crippen molar-refractivity contribution >= 4 is 0 Å². The summed E-state index contributed by atoms with van der Waals surface area (Å²) in [6, 6.07) is 8.05. The third kappa shape index (κ3) is 2.79. The zero-order chi connectivity index (χ0) is 12.1. The van der Waals surface area contributed by atoms with Crippen molar-refractivity contribution in [2.75, 3.05) is 7.05 Å². The Morgan fingerprint density at radius 1 is 1.24 bits per heavy atom. The van der Waals surface area contributed by atoms with Crippen LogP contribution < -0.4 is 10.1 Å². The second-order valence-electron chi connectivity index (χ2n) is 3.55. The van der Waals surface area contributed by atoms with Crippen molar-refractivity contribution in [1.82, 2.24) is 10.3 Å². The van der Waals surface area contributed by atoms with Gasteiger partial charge < -0.3 is 10.1 Å². The van der Waals surface area contributed by atoms with E-state index in [2.05, 4.69) is 10.3 Å². The molecule has 0 saturated carbocycles. The number of benzene rings is 1. The van der Waals surface area contributed by atoms with Gasteiger partial charge in [-0.3, -0.25) is 4.98 Å². The number of nitrogens with one attached hydrogen (secondary N) is 1. The van der Waals surface area contributed by atoms with E-state index in [9.17, 15) is 4.39 Å². The zero-order valence-electron chi connectivity index (χ0n) is 9.48. The van der Waals surface area contributed by atoms with Gasteiger partial charge in [-0.15, -0.1) is 0 Å². The van der Waals surface area contributed by atoms with Crippen LogP contribution in [0.2, 0.25) is 0 Å². The van der Waals surface area contributed by atoms with Gasteiger partial charge in [-0.1, -0.05) is 12.1 Å². The molecule has 17 heavy (non-hydrogen) atoms. The van der Waals surface area contributed by atoms with Gasteiger partial charge in [0.2, 0.25) is 0 Å². The first kappa shape index (κ1) is 11.5. The van der Waals surface area contributed by atoms with Crippen molar-refractivity contribution in [3.63, 3.8) is 0 Å². The molecule has 0 unspecified atom stereocenters. The Labute approximate surface area is 99.3 Å². The summed E-state index contributed by atoms with van der Waals surface area (Å²) >= 11 is 0. The maximum absolute atomic E-state index is 13.4. The quantitative estimate of drug-likeness (QED) is 0.880. The molecule has 0 amide bonds. The first-order chi connectivity index (χ1) is 8.31. The smallest absolute Gasteiger partial charge is 0.165 e. The van der Waals surface area contributed by atoms with Crippen LogP contribution >= 0.6 is 0 Å². The highest BCUT2D eigenvalue weighted by molar-refractivity contribution is 5.36. The van der Waals surface area contributed by atoms with Crippen LogP contribution in [0.3, 0.4) is 0 Å². The fraction of sp³-hybridized carbons (Fsp3) is 0.154. The molecule has 1 heterocycles. The van der Waals surface area contributed by atoms with E-state index in [0.29, 0.717) is 12.3 Å². The Hall–Kier alpha value is -1.94. The molecular formula is C13H13FN2O. The van der Waals surface area contributed by atoms with Crippen LogP contribution in [0.25, 0.3) is 0 Å². The molecule has 1 aromatic carbocycles. The molecule has 4 heteroatoms. The molecule has 1 N–H and O–H groups in total. The number of pyridine rings is 1. The average molecular weight is 232 g/mol. The van der Waals surface area contributed by atoms with Crippen LogP contribution in [0, 0.1) is 5.82 Å². The normalized spacial score (nSPS) is 10.2. The Morgan fingerprint density at radius 2 is 2.06 bits per heavy atom. The Bertz CT molecular complexity index is 502. The van der Waals surface area contributed by atoms with Crippen LogP contribution in [0.5, 0.6) is 11.5 Å². The first-order valence-corrected chi connectivity index (χ1v) is 5.31. The van der Waals surface area contributed by atoms with Gasteiger partial charge in [-0.2, -0.15) is 0 Å². The van der Waals surface area contributed by atoms with E-state index in [4.69, 9.17) is 4.74 Å². The van der Waals surface area contributed by atoms with Crippen molar-refractivity contribution in [3.8, 4) is 11.5 Å². The van der Waals surface area contributed by atoms with Crippen molar-refractivity contribution in [3.05, 3.63) is 54.1 Å². The Morgan fingerprint density at radius 3 is 2.82 bits per heavy atom. The molecule has 2 aromatic rings. The minimum Gasteiger partial charge on any atom is -0.454 e. The lowest BCUT2D eigenvalue weighted by atomic mass is 10.2. The Balaban J connectivity index is 2.27. The third-order valence-electron chi connectivity index (χ3n) is 2.28. The Kier molecular flexibility index (Phi) is 3.67. The van der Waals surface area contributed by atoms with Gasteiger partial charge >= 0.3 is 0 Å². The summed E-state index contributed by atoms with van der Waals surface area (Å²) < 4.78 is 19.0. The molecule has 3 nitrogen and oxygen atoms in total. The summed E-state index contributed by atoms with van der Waals surface area (Å²) in [5, 5.41) is 3.01. The van der Waals surface area contributed by atoms with Gasteiger partial charge in [0, 0.05) is 24.5 Å². The second-order valence-corrected chi connectivity index (χ2v) is 3.55. The molecule has 0 aliphatic rings. The fourth-order valence-corrected chi connectivity index (χ4v) is 1.48. The average Bonchev–Trinajstić information content (AvgIpc) is 2.35. The monoisotopic (exact) mass is 232 g/mol. The maximum Gasteiger partial charge on any atom is 0.165 e. The topological polar surface area (TPSA) is 34.2 Å². The van der Waals surface area contributed by atoms with E-state index in [-0.39, 0.29) is 11.6 Å². The summed E-state index contributed by atoms with van der Waals surface area (Å²) in [5.74, 6) is 0.454. The molecule has 88 valence electrons. The molecule has 0 atom stereocenters. The predicted octanol–water partition coefficient (Wildman–Crippen LogP) is 2.73. The summed E-state index contributed by atoms with van der Waals surface area (Å²) in [6.45, 7) is 0.623. The van der Waals surface area contributed by atoms with E-state index < -0.39 is 0 Å². The molecule has 0 radical (unpaired) electrons. The molecule has 0 bridgehead atoms. The lowest BCUT2D eigenvalue weighted by Crippen LogP contribution is -2.06. The zero-order valence-corrected chi connectivity index (χ0v) is 9.48. The minimum atomic E-state index is -0.375. The van der Waals surface area contributed by atoms with Gasteiger partial charge in [0.1, 0.15) is 5.75 Å². The second kappa shape index (κ2) is 5.41. The molecular weight excluding hydrogens is 219 g/mol. The van der Waals surface area contributed by atoms with Gasteiger partial charge in [-0.05, 0) is 25.2 Å². The summed E-state index contributed by atoms with van der Waals surface area (Å²) in [5.41, 5.74) is 0.887. The van der Waals surface area contributed by atoms with E-state index in [1.54, 1.807) is 36.7 Å². The standard InChI is InChI=1S/C13H13FN2O/c1-15-8-10-9-16-7-6-12(10)17-13-5-3-2-4-11(13)14/h2-7,9,15H,8H2,1H3. The van der Waals surface area contributed by atoms with Gasteiger partial charge in [0.25, 0.3) is 0 Å². The van der Waals surface area contributed by atoms with Crippen LogP contribution in [0.1, 0.15) is 5.56 Å². The van der Waals surface area contributed by atoms with Crippen LogP contribution in [0.4, 0.5) is 4.39 Å². The van der Waals surface area contributed by atoms with Crippen LogP contribution in [0.15, 0.2) is 42.7 Å². The van der Waals surface area contributed by atoms with Gasteiger partial charge in [0.05, 0.1) is 0 Å². The van der Waals surface area contributed by atoms with E-state index in [1.807, 2.05) is 7.05 Å². The van der Waals surface area contributed by atoms with Crippen LogP contribution in [-0.4, -0.2) is 12.0 Å². The SMILES string of the molecule is CNCc1cnccc1Oc1ccccc1F. The number of hydrogen-bond acceptors (Lipinski definition) is 3. The van der Waals surface area contributed by atoms with Crippen molar-refractivity contribution < 1.29 is 9.13 Å². The van der Waals surface area contributed by atoms with Crippen molar-refractivity contribution in [1.29, 1.82) is 0 Å². The molecule has 1 aromatic heterocycles. The number of hydrogen-bond donors (Lipinski definition) is 1. The van der Waals surface area contributed by atoms with E-state index in [1.165, 1.54) is 6.07 Å². The lowest BCUT2D eigenvalue weighted by molar-refractivity contribution is 0.436. The number of nitrogens with zero attached hydrogens (tertiary/aromatic N) is 1. The molecule has 2 rings (SSSR count). The fourth-order valence-electron chi connectivity index (χ4n) is 1.48. The molecule has 0 fully saturated rings. The number of halogens is 1. The van der Waals surface area contributed by atoms with Gasteiger partial charge in [0.15, 0.2) is 11.6 Å². The van der Waals surface area contributed by atoms with E-state index in [0.717, 1.165) is 5.56 Å². The number of rotatable bonds is 4. The highest BCUT2D eigenvalue weighted by Gasteiger charge is 2.07. The summed E-state index contributed by atoms with van der Waals surface area (Å²) in [7, 11) is 1.83. The number of aromatic nitrogens is 1. The largest absolute Gasteiger partial charge is 0.454 e. The van der Waals surface area contributed by atoms with Crippen molar-refractivity contribution in [2.24, 2.45) is 0 Å². The van der Waals surface area contributed by atoms with Crippen LogP contribution in [-0.2, 0) is 6.54 Å². The van der Waals surface area contributed by atoms with Gasteiger partial charge in [-0.25, -0.2) is 4.39 Å². The summed E-state index contributed by atoms with van der Waals surface area (Å²) in [6.07, 6.45) is 3.32. The highest BCUT2D eigenvalue weighted by Crippen LogP contribution is 2.26. The molecule has 0 spiro atoms. The molecule has 0 saturated heterocycles. The van der Waals surface area contributed by atoms with E-state index >= 15 is 0 Å².